The maximum atomic E-state index is 13.2. The summed E-state index contributed by atoms with van der Waals surface area (Å²) < 4.78 is 17.0. The van der Waals surface area contributed by atoms with Crippen molar-refractivity contribution >= 4 is 46.1 Å². The molecule has 3 heterocycles. The highest BCUT2D eigenvalue weighted by Crippen LogP contribution is 2.39. The molecule has 0 spiro atoms. The Morgan fingerprint density at radius 3 is 2.67 bits per heavy atom. The van der Waals surface area contributed by atoms with Gasteiger partial charge in [0.05, 0.1) is 29.2 Å². The molecule has 0 saturated heterocycles. The van der Waals surface area contributed by atoms with Gasteiger partial charge in [0.15, 0.2) is 5.95 Å². The van der Waals surface area contributed by atoms with E-state index in [1.54, 1.807) is 63.8 Å². The Balaban J connectivity index is 1.55. The predicted molar refractivity (Wildman–Crippen MR) is 142 cm³/mol. The summed E-state index contributed by atoms with van der Waals surface area (Å²) in [5.74, 6) is -1.63. The molecule has 0 saturated carbocycles. The van der Waals surface area contributed by atoms with E-state index in [1.165, 1.54) is 16.0 Å². The van der Waals surface area contributed by atoms with Crippen LogP contribution in [0.5, 0.6) is 5.95 Å². The summed E-state index contributed by atoms with van der Waals surface area (Å²) in [6.07, 6.45) is -0.0276. The maximum absolute atomic E-state index is 13.2. The van der Waals surface area contributed by atoms with Gasteiger partial charge < -0.3 is 29.3 Å². The van der Waals surface area contributed by atoms with Gasteiger partial charge in [-0.05, 0) is 63.0 Å². The standard InChI is InChI=1S/C26H30N4O7S2/c1-6-35-23(32)19-17-12-13-29(25(34)36-26(3,4)5)14-18(17)39-21(19)27-20(31)15(2)38-22-24(33)37-28-30(22)16-10-8-7-9-11-16/h7-11,15H,6,12-14H2,1-5H3,(H-,27,28,31,32,33). The first-order valence-corrected chi connectivity index (χ1v) is 14.1. The number of rotatable bonds is 7. The molecule has 39 heavy (non-hydrogen) atoms. The average molecular weight is 575 g/mol. The van der Waals surface area contributed by atoms with E-state index in [-0.39, 0.29) is 18.2 Å². The molecule has 1 N–H and O–H groups in total. The maximum Gasteiger partial charge on any atom is 0.410 e. The van der Waals surface area contributed by atoms with Crippen LogP contribution >= 0.6 is 23.1 Å². The zero-order valence-electron chi connectivity index (χ0n) is 22.3. The lowest BCUT2D eigenvalue weighted by molar-refractivity contribution is -0.705. The van der Waals surface area contributed by atoms with Gasteiger partial charge in [-0.3, -0.25) is 4.79 Å². The number of thiophene rings is 1. The number of carbonyl (C=O) groups is 3. The molecule has 0 fully saturated rings. The van der Waals surface area contributed by atoms with Crippen molar-refractivity contribution in [1.29, 1.82) is 0 Å². The molecule has 2 aromatic heterocycles. The van der Waals surface area contributed by atoms with Crippen molar-refractivity contribution < 1.29 is 38.2 Å². The van der Waals surface area contributed by atoms with Gasteiger partial charge in [0, 0.05) is 23.6 Å². The number of carbonyl (C=O) groups excluding carboxylic acids is 3. The van der Waals surface area contributed by atoms with Crippen LogP contribution in [-0.4, -0.2) is 52.1 Å². The highest BCUT2D eigenvalue weighted by atomic mass is 32.2. The topological polar surface area (TPSA) is 138 Å². The van der Waals surface area contributed by atoms with Gasteiger partial charge >= 0.3 is 12.1 Å². The molecule has 1 aromatic carbocycles. The molecule has 3 aromatic rings. The number of ether oxygens (including phenoxy) is 2. The van der Waals surface area contributed by atoms with Crippen LogP contribution in [0.15, 0.2) is 39.9 Å². The summed E-state index contributed by atoms with van der Waals surface area (Å²) in [6.45, 7) is 9.54. The van der Waals surface area contributed by atoms with Crippen LogP contribution in [0.2, 0.25) is 0 Å². The van der Waals surface area contributed by atoms with Gasteiger partial charge in [0.1, 0.15) is 10.6 Å². The number of amides is 2. The number of para-hydroxylation sites is 1. The zero-order chi connectivity index (χ0) is 28.3. The lowest BCUT2D eigenvalue weighted by atomic mass is 10.0. The third-order valence-corrected chi connectivity index (χ3v) is 7.92. The number of thioether (sulfide) groups is 1. The first-order valence-electron chi connectivity index (χ1n) is 12.4. The van der Waals surface area contributed by atoms with Crippen LogP contribution in [-0.2, 0) is 27.2 Å². The minimum atomic E-state index is -0.737. The van der Waals surface area contributed by atoms with Crippen LogP contribution in [0.3, 0.4) is 0 Å². The summed E-state index contributed by atoms with van der Waals surface area (Å²) >= 11 is 2.22. The fourth-order valence-corrected chi connectivity index (χ4v) is 6.03. The molecule has 2 amide bonds. The minimum absolute atomic E-state index is 0.146. The van der Waals surface area contributed by atoms with E-state index in [4.69, 9.17) is 14.0 Å². The molecule has 0 bridgehead atoms. The van der Waals surface area contributed by atoms with Crippen LogP contribution in [0.25, 0.3) is 5.69 Å². The van der Waals surface area contributed by atoms with E-state index >= 15 is 0 Å². The molecule has 11 nitrogen and oxygen atoms in total. The summed E-state index contributed by atoms with van der Waals surface area (Å²) in [7, 11) is 0. The zero-order valence-corrected chi connectivity index (χ0v) is 23.9. The number of hydrogen-bond acceptors (Lipinski definition) is 10. The molecule has 0 radical (unpaired) electrons. The van der Waals surface area contributed by atoms with E-state index in [0.717, 1.165) is 22.2 Å². The van der Waals surface area contributed by atoms with Crippen LogP contribution < -0.4 is 15.1 Å². The quantitative estimate of drug-likeness (QED) is 0.254. The number of hydrogen-bond donors (Lipinski definition) is 1. The Labute approximate surface area is 234 Å². The normalized spacial score (nSPS) is 13.9. The molecule has 4 rings (SSSR count). The smallest absolute Gasteiger partial charge is 0.410 e. The summed E-state index contributed by atoms with van der Waals surface area (Å²) in [5, 5.41) is 18.7. The Hall–Kier alpha value is -3.58. The van der Waals surface area contributed by atoms with Crippen molar-refractivity contribution in [2.24, 2.45) is 0 Å². The molecule has 208 valence electrons. The Morgan fingerprint density at radius 1 is 1.28 bits per heavy atom. The molecule has 0 aliphatic carbocycles. The van der Waals surface area contributed by atoms with Crippen LogP contribution in [0, 0.1) is 0 Å². The Morgan fingerprint density at radius 2 is 2.00 bits per heavy atom. The third kappa shape index (κ3) is 6.53. The highest BCUT2D eigenvalue weighted by molar-refractivity contribution is 8.00. The van der Waals surface area contributed by atoms with Crippen molar-refractivity contribution in [3.8, 4) is 11.6 Å². The minimum Gasteiger partial charge on any atom is -0.538 e. The fourth-order valence-electron chi connectivity index (χ4n) is 3.90. The van der Waals surface area contributed by atoms with Gasteiger partial charge in [-0.15, -0.1) is 11.3 Å². The number of nitrogens with one attached hydrogen (secondary N) is 1. The van der Waals surface area contributed by atoms with Gasteiger partial charge in [0.25, 0.3) is 5.03 Å². The number of benzene rings is 1. The molecule has 1 aliphatic heterocycles. The van der Waals surface area contributed by atoms with Crippen LogP contribution in [0.4, 0.5) is 9.80 Å². The van der Waals surface area contributed by atoms with Crippen molar-refractivity contribution in [3.63, 3.8) is 0 Å². The number of anilines is 1. The molecule has 1 aliphatic rings. The average Bonchev–Trinajstić information content (AvgIpc) is 3.42. The monoisotopic (exact) mass is 574 g/mol. The van der Waals surface area contributed by atoms with Gasteiger partial charge in [-0.1, -0.05) is 18.2 Å². The van der Waals surface area contributed by atoms with E-state index in [2.05, 4.69) is 10.6 Å². The second-order valence-electron chi connectivity index (χ2n) is 9.74. The van der Waals surface area contributed by atoms with E-state index in [9.17, 15) is 19.5 Å². The highest BCUT2D eigenvalue weighted by Gasteiger charge is 2.34. The van der Waals surface area contributed by atoms with Crippen molar-refractivity contribution in [2.75, 3.05) is 18.5 Å². The van der Waals surface area contributed by atoms with E-state index in [0.29, 0.717) is 29.2 Å². The van der Waals surface area contributed by atoms with Crippen LogP contribution in [0.1, 0.15) is 55.4 Å². The van der Waals surface area contributed by atoms with Gasteiger partial charge in [0.2, 0.25) is 11.6 Å². The van der Waals surface area contributed by atoms with Crippen molar-refractivity contribution in [3.05, 3.63) is 46.3 Å². The van der Waals surface area contributed by atoms with Gasteiger partial charge in [-0.2, -0.15) is 0 Å². The van der Waals surface area contributed by atoms with E-state index in [1.807, 2.05) is 6.07 Å². The van der Waals surface area contributed by atoms with Gasteiger partial charge in [-0.25, -0.2) is 9.59 Å². The Bertz CT molecular complexity index is 1360. The molecule has 1 atom stereocenters. The second kappa shape index (κ2) is 11.7. The number of esters is 1. The van der Waals surface area contributed by atoms with Crippen molar-refractivity contribution in [1.82, 2.24) is 10.2 Å². The molecular formula is C26H30N4O7S2. The SMILES string of the molecule is CCOC(=O)c1c(NC(=O)C(C)Sc2c([O-])on[n+]2-c2ccccc2)sc2c1CCN(C(=O)OC(C)(C)C)C2. The third-order valence-electron chi connectivity index (χ3n) is 5.66. The fraction of sp³-hybridized carbons (Fsp3) is 0.423. The molecule has 13 heteroatoms. The number of nitrogens with zero attached hydrogens (tertiary/aromatic N) is 3. The first-order chi connectivity index (χ1) is 18.5. The first kappa shape index (κ1) is 28.4. The lowest BCUT2D eigenvalue weighted by Crippen LogP contribution is -2.39. The number of fused-ring (bicyclic) bond motifs is 1. The molecule has 1 unspecified atom stereocenters. The predicted octanol–water partition coefficient (Wildman–Crippen LogP) is 3.68. The summed E-state index contributed by atoms with van der Waals surface area (Å²) in [5.41, 5.74) is 1.02. The van der Waals surface area contributed by atoms with E-state index < -0.39 is 34.8 Å². The second-order valence-corrected chi connectivity index (χ2v) is 12.2. The summed E-state index contributed by atoms with van der Waals surface area (Å²) in [4.78, 5) is 41.1. The molecular weight excluding hydrogens is 544 g/mol. The largest absolute Gasteiger partial charge is 0.538 e. The Kier molecular flexibility index (Phi) is 8.50. The lowest BCUT2D eigenvalue weighted by Gasteiger charge is -2.30. The van der Waals surface area contributed by atoms with Crippen molar-refractivity contribution in [2.45, 2.75) is 63.5 Å². The number of aromatic nitrogens is 2. The summed E-state index contributed by atoms with van der Waals surface area (Å²) in [6, 6.07) is 8.95.